The van der Waals surface area contributed by atoms with Crippen LogP contribution < -0.4 is 4.90 Å². The zero-order chi connectivity index (χ0) is 19.7. The second-order valence-corrected chi connectivity index (χ2v) is 9.49. The Morgan fingerprint density at radius 3 is 2.61 bits per heavy atom. The van der Waals surface area contributed by atoms with Gasteiger partial charge in [-0.05, 0) is 61.1 Å². The van der Waals surface area contributed by atoms with Crippen molar-refractivity contribution in [1.82, 2.24) is 9.88 Å². The number of hydrogen-bond donors (Lipinski definition) is 0. The number of amides is 1. The molecule has 6 heteroatoms. The first-order chi connectivity index (χ1) is 13.5. The minimum atomic E-state index is 0.133. The smallest absolute Gasteiger partial charge is 0.254 e. The molecular formula is C22H25N3OS2. The molecule has 1 aliphatic rings. The first kappa shape index (κ1) is 19.3. The van der Waals surface area contributed by atoms with Gasteiger partial charge in [0.25, 0.3) is 5.91 Å². The van der Waals surface area contributed by atoms with Gasteiger partial charge >= 0.3 is 0 Å². The number of fused-ring (bicyclic) bond motifs is 1. The van der Waals surface area contributed by atoms with E-state index in [-0.39, 0.29) is 5.91 Å². The Kier molecular flexibility index (Phi) is 5.60. The number of nitrogens with zero attached hydrogens (tertiary/aromatic N) is 3. The van der Waals surface area contributed by atoms with Crippen molar-refractivity contribution in [3.8, 4) is 0 Å². The molecule has 0 spiro atoms. The molecule has 0 bridgehead atoms. The SMILES string of the molecule is CCSc1cccc(C(=O)N2CCN(c3nc4cc(C)c(C)cc4s3)CC2)c1. The molecule has 4 rings (SSSR count). The van der Waals surface area contributed by atoms with Crippen molar-refractivity contribution >= 4 is 44.4 Å². The van der Waals surface area contributed by atoms with Crippen LogP contribution in [-0.2, 0) is 0 Å². The van der Waals surface area contributed by atoms with Gasteiger partial charge in [-0.15, -0.1) is 11.8 Å². The summed E-state index contributed by atoms with van der Waals surface area (Å²) in [4.78, 5) is 23.2. The summed E-state index contributed by atoms with van der Waals surface area (Å²) in [5.41, 5.74) is 4.45. The second kappa shape index (κ2) is 8.13. The molecule has 1 aromatic heterocycles. The van der Waals surface area contributed by atoms with Gasteiger partial charge in [0.1, 0.15) is 0 Å². The zero-order valence-corrected chi connectivity index (χ0v) is 18.2. The molecule has 3 aromatic rings. The Balaban J connectivity index is 1.44. The monoisotopic (exact) mass is 411 g/mol. The van der Waals surface area contributed by atoms with Gasteiger partial charge in [0.05, 0.1) is 10.2 Å². The standard InChI is InChI=1S/C22H25N3OS2/c1-4-27-18-7-5-6-17(14-18)21(26)24-8-10-25(11-9-24)22-23-19-12-15(2)16(3)13-20(19)28-22/h5-7,12-14H,4,8-11H2,1-3H3. The van der Waals surface area contributed by atoms with Crippen molar-refractivity contribution in [2.45, 2.75) is 25.7 Å². The third kappa shape index (κ3) is 3.89. The van der Waals surface area contributed by atoms with E-state index in [2.05, 4.69) is 43.9 Å². The highest BCUT2D eigenvalue weighted by molar-refractivity contribution is 7.99. The Labute approximate surface area is 174 Å². The Morgan fingerprint density at radius 2 is 1.86 bits per heavy atom. The molecule has 0 N–H and O–H groups in total. The lowest BCUT2D eigenvalue weighted by molar-refractivity contribution is 0.0746. The molecule has 146 valence electrons. The molecule has 1 amide bonds. The van der Waals surface area contributed by atoms with Gasteiger partial charge in [0.15, 0.2) is 5.13 Å². The number of thiazole rings is 1. The van der Waals surface area contributed by atoms with Crippen molar-refractivity contribution in [2.24, 2.45) is 0 Å². The molecule has 1 saturated heterocycles. The first-order valence-corrected chi connectivity index (χ1v) is 11.5. The molecule has 0 aliphatic carbocycles. The van der Waals surface area contributed by atoms with Crippen molar-refractivity contribution in [1.29, 1.82) is 0 Å². The topological polar surface area (TPSA) is 36.4 Å². The Bertz CT molecular complexity index is 967. The largest absolute Gasteiger partial charge is 0.345 e. The van der Waals surface area contributed by atoms with Crippen LogP contribution in [0.4, 0.5) is 5.13 Å². The predicted molar refractivity (Wildman–Crippen MR) is 120 cm³/mol. The first-order valence-electron chi connectivity index (χ1n) is 9.70. The number of thioether (sulfide) groups is 1. The van der Waals surface area contributed by atoms with Gasteiger partial charge in [-0.2, -0.15) is 0 Å². The number of anilines is 1. The molecule has 0 radical (unpaired) electrons. The fourth-order valence-electron chi connectivity index (χ4n) is 3.47. The van der Waals surface area contributed by atoms with E-state index in [1.165, 1.54) is 15.8 Å². The van der Waals surface area contributed by atoms with Crippen LogP contribution in [0.1, 0.15) is 28.4 Å². The van der Waals surface area contributed by atoms with Gasteiger partial charge in [-0.1, -0.05) is 24.3 Å². The van der Waals surface area contributed by atoms with Crippen molar-refractivity contribution in [3.63, 3.8) is 0 Å². The molecule has 0 saturated carbocycles. The van der Waals surface area contributed by atoms with E-state index in [1.807, 2.05) is 23.1 Å². The highest BCUT2D eigenvalue weighted by atomic mass is 32.2. The maximum atomic E-state index is 12.9. The molecule has 0 atom stereocenters. The van der Waals surface area contributed by atoms with Gasteiger partial charge in [0.2, 0.25) is 0 Å². The molecule has 2 aromatic carbocycles. The lowest BCUT2D eigenvalue weighted by atomic mass is 10.1. The molecule has 1 fully saturated rings. The Morgan fingerprint density at radius 1 is 1.11 bits per heavy atom. The van der Waals surface area contributed by atoms with Crippen LogP contribution in [0.15, 0.2) is 41.3 Å². The molecule has 28 heavy (non-hydrogen) atoms. The van der Waals surface area contributed by atoms with Gasteiger partial charge in [-0.3, -0.25) is 4.79 Å². The molecule has 0 unspecified atom stereocenters. The minimum absolute atomic E-state index is 0.133. The quantitative estimate of drug-likeness (QED) is 0.567. The van der Waals surface area contributed by atoms with E-state index < -0.39 is 0 Å². The number of carbonyl (C=O) groups is 1. The number of carbonyl (C=O) groups excluding carboxylic acids is 1. The summed E-state index contributed by atoms with van der Waals surface area (Å²) in [6.07, 6.45) is 0. The van der Waals surface area contributed by atoms with E-state index in [0.717, 1.165) is 53.0 Å². The number of piperazine rings is 1. The maximum absolute atomic E-state index is 12.9. The predicted octanol–water partition coefficient (Wildman–Crippen LogP) is 4.99. The van der Waals surface area contributed by atoms with Crippen LogP contribution in [0.3, 0.4) is 0 Å². The van der Waals surface area contributed by atoms with Gasteiger partial charge < -0.3 is 9.80 Å². The van der Waals surface area contributed by atoms with Crippen molar-refractivity contribution in [3.05, 3.63) is 53.1 Å². The number of benzene rings is 2. The molecular weight excluding hydrogens is 386 g/mol. The average Bonchev–Trinajstić information content (AvgIpc) is 3.11. The number of hydrogen-bond acceptors (Lipinski definition) is 5. The normalized spacial score (nSPS) is 14.7. The summed E-state index contributed by atoms with van der Waals surface area (Å²) < 4.78 is 1.24. The number of aromatic nitrogens is 1. The fraction of sp³-hybridized carbons (Fsp3) is 0.364. The third-order valence-corrected chi connectivity index (χ3v) is 7.18. The van der Waals surface area contributed by atoms with Crippen LogP contribution in [0, 0.1) is 13.8 Å². The summed E-state index contributed by atoms with van der Waals surface area (Å²) in [6.45, 7) is 9.53. The summed E-state index contributed by atoms with van der Waals surface area (Å²) in [7, 11) is 0. The van der Waals surface area contributed by atoms with Gasteiger partial charge in [0, 0.05) is 36.6 Å². The molecule has 2 heterocycles. The second-order valence-electron chi connectivity index (χ2n) is 7.14. The lowest BCUT2D eigenvalue weighted by Gasteiger charge is -2.34. The Hall–Kier alpha value is -2.05. The van der Waals surface area contributed by atoms with Gasteiger partial charge in [-0.25, -0.2) is 4.98 Å². The highest BCUT2D eigenvalue weighted by Gasteiger charge is 2.24. The van der Waals surface area contributed by atoms with Crippen molar-refractivity contribution in [2.75, 3.05) is 36.8 Å². The van der Waals surface area contributed by atoms with E-state index in [4.69, 9.17) is 4.98 Å². The van der Waals surface area contributed by atoms with Crippen LogP contribution in [-0.4, -0.2) is 47.7 Å². The highest BCUT2D eigenvalue weighted by Crippen LogP contribution is 2.31. The van der Waals surface area contributed by atoms with E-state index in [0.29, 0.717) is 0 Å². The summed E-state index contributed by atoms with van der Waals surface area (Å²) in [5.74, 6) is 1.14. The zero-order valence-electron chi connectivity index (χ0n) is 16.6. The summed E-state index contributed by atoms with van der Waals surface area (Å²) >= 11 is 3.52. The molecule has 4 nitrogen and oxygen atoms in total. The van der Waals surface area contributed by atoms with Crippen LogP contribution in [0.5, 0.6) is 0 Å². The molecule has 1 aliphatic heterocycles. The van der Waals surface area contributed by atoms with E-state index in [9.17, 15) is 4.79 Å². The van der Waals surface area contributed by atoms with Crippen molar-refractivity contribution < 1.29 is 4.79 Å². The minimum Gasteiger partial charge on any atom is -0.345 e. The van der Waals surface area contributed by atoms with Crippen LogP contribution >= 0.6 is 23.1 Å². The average molecular weight is 412 g/mol. The van der Waals surface area contributed by atoms with Crippen LogP contribution in [0.2, 0.25) is 0 Å². The fourth-order valence-corrected chi connectivity index (χ4v) is 5.29. The van der Waals surface area contributed by atoms with E-state index in [1.54, 1.807) is 23.1 Å². The van der Waals surface area contributed by atoms with Crippen LogP contribution in [0.25, 0.3) is 10.2 Å². The maximum Gasteiger partial charge on any atom is 0.254 e. The lowest BCUT2D eigenvalue weighted by Crippen LogP contribution is -2.48. The van der Waals surface area contributed by atoms with E-state index >= 15 is 0 Å². The number of aryl methyl sites for hydroxylation is 2. The summed E-state index contributed by atoms with van der Waals surface area (Å²) in [6, 6.07) is 12.4. The summed E-state index contributed by atoms with van der Waals surface area (Å²) in [5, 5.41) is 1.06. The number of rotatable bonds is 4. The third-order valence-electron chi connectivity index (χ3n) is 5.22.